The maximum atomic E-state index is 12.1. The van der Waals surface area contributed by atoms with Crippen molar-refractivity contribution in [2.75, 3.05) is 6.54 Å². The number of rotatable bonds is 0. The van der Waals surface area contributed by atoms with Crippen molar-refractivity contribution in [3.8, 4) is 0 Å². The van der Waals surface area contributed by atoms with Crippen LogP contribution in [0.3, 0.4) is 0 Å². The first kappa shape index (κ1) is 12.0. The van der Waals surface area contributed by atoms with Gasteiger partial charge in [0.25, 0.3) is 0 Å². The zero-order valence-electron chi connectivity index (χ0n) is 6.66. The van der Waals surface area contributed by atoms with Gasteiger partial charge in [0.1, 0.15) is 6.04 Å². The number of hydrogen-bond donors (Lipinski definition) is 1. The van der Waals surface area contributed by atoms with E-state index in [0.717, 1.165) is 12.8 Å². The summed E-state index contributed by atoms with van der Waals surface area (Å²) in [6, 6.07) is -1.26. The summed E-state index contributed by atoms with van der Waals surface area (Å²) in [5.74, 6) is 0. The molecule has 1 nitrogen and oxygen atoms in total. The van der Waals surface area contributed by atoms with Crippen LogP contribution < -0.4 is 5.32 Å². The van der Waals surface area contributed by atoms with Gasteiger partial charge in [-0.2, -0.15) is 13.2 Å². The lowest BCUT2D eigenvalue weighted by Gasteiger charge is -2.18. The van der Waals surface area contributed by atoms with E-state index in [9.17, 15) is 13.2 Å². The normalized spacial score (nSPS) is 25.8. The molecule has 0 saturated carbocycles. The second-order valence-corrected chi connectivity index (χ2v) is 2.90. The fraction of sp³-hybridized carbons (Fsp3) is 1.00. The van der Waals surface area contributed by atoms with Crippen molar-refractivity contribution in [2.45, 2.75) is 37.9 Å². The summed E-state index contributed by atoms with van der Waals surface area (Å²) in [6.45, 7) is 0.504. The molecule has 0 aromatic rings. The molecule has 1 heterocycles. The van der Waals surface area contributed by atoms with Crippen molar-refractivity contribution in [1.29, 1.82) is 0 Å². The minimum Gasteiger partial charge on any atom is -0.306 e. The minimum absolute atomic E-state index is 0. The van der Waals surface area contributed by atoms with Crippen LogP contribution in [0.15, 0.2) is 0 Å². The topological polar surface area (TPSA) is 12.0 Å². The first-order chi connectivity index (χ1) is 5.11. The Morgan fingerprint density at radius 3 is 2.33 bits per heavy atom. The van der Waals surface area contributed by atoms with Crippen molar-refractivity contribution in [3.63, 3.8) is 0 Å². The summed E-state index contributed by atoms with van der Waals surface area (Å²) in [4.78, 5) is 0. The molecule has 1 fully saturated rings. The summed E-state index contributed by atoms with van der Waals surface area (Å²) in [6.07, 6.45) is -1.34. The van der Waals surface area contributed by atoms with Gasteiger partial charge in [0.15, 0.2) is 0 Å². The molecule has 0 spiro atoms. The molecule has 1 aliphatic heterocycles. The molecule has 0 aromatic carbocycles. The molecule has 1 rings (SSSR count). The van der Waals surface area contributed by atoms with Gasteiger partial charge in [0.05, 0.1) is 0 Å². The minimum atomic E-state index is -4.05. The lowest BCUT2D eigenvalue weighted by Crippen LogP contribution is -2.41. The molecule has 1 saturated heterocycles. The fourth-order valence-electron chi connectivity index (χ4n) is 1.31. The molecule has 0 bridgehead atoms. The number of nitrogens with one attached hydrogen (secondary N) is 1. The monoisotopic (exact) mass is 203 g/mol. The summed E-state index contributed by atoms with van der Waals surface area (Å²) in [5.41, 5.74) is 0. The van der Waals surface area contributed by atoms with Crippen molar-refractivity contribution < 1.29 is 13.2 Å². The third-order valence-electron chi connectivity index (χ3n) is 1.96. The van der Waals surface area contributed by atoms with Gasteiger partial charge in [-0.3, -0.25) is 0 Å². The van der Waals surface area contributed by atoms with Crippen LogP contribution in [-0.4, -0.2) is 18.8 Å². The van der Waals surface area contributed by atoms with Crippen molar-refractivity contribution in [2.24, 2.45) is 0 Å². The average molecular weight is 204 g/mol. The second-order valence-electron chi connectivity index (χ2n) is 2.90. The van der Waals surface area contributed by atoms with E-state index >= 15 is 0 Å². The van der Waals surface area contributed by atoms with Crippen LogP contribution in [0.5, 0.6) is 0 Å². The molecule has 0 aliphatic carbocycles. The molecule has 5 heteroatoms. The highest BCUT2D eigenvalue weighted by atomic mass is 35.5. The molecule has 0 aromatic heterocycles. The van der Waals surface area contributed by atoms with Gasteiger partial charge in [-0.15, -0.1) is 12.4 Å². The van der Waals surface area contributed by atoms with E-state index < -0.39 is 12.2 Å². The Hall–Kier alpha value is 0.0400. The largest absolute Gasteiger partial charge is 0.403 e. The van der Waals surface area contributed by atoms with E-state index in [4.69, 9.17) is 0 Å². The zero-order chi connectivity index (χ0) is 8.32. The van der Waals surface area contributed by atoms with Crippen LogP contribution in [-0.2, 0) is 0 Å². The van der Waals surface area contributed by atoms with Gasteiger partial charge in [-0.25, -0.2) is 0 Å². The molecule has 1 N–H and O–H groups in total. The Kier molecular flexibility index (Phi) is 4.94. The van der Waals surface area contributed by atoms with Crippen molar-refractivity contribution in [3.05, 3.63) is 0 Å². The Labute approximate surface area is 76.1 Å². The first-order valence-electron chi connectivity index (χ1n) is 3.91. The van der Waals surface area contributed by atoms with E-state index in [-0.39, 0.29) is 18.8 Å². The first-order valence-corrected chi connectivity index (χ1v) is 3.91. The van der Waals surface area contributed by atoms with Gasteiger partial charge < -0.3 is 5.32 Å². The summed E-state index contributed by atoms with van der Waals surface area (Å²) >= 11 is 0. The van der Waals surface area contributed by atoms with E-state index in [1.807, 2.05) is 0 Å². The molecule has 74 valence electrons. The predicted octanol–water partition coefficient (Wildman–Crippen LogP) is 2.50. The van der Waals surface area contributed by atoms with Crippen LogP contribution in [0.2, 0.25) is 0 Å². The standard InChI is InChI=1S/C7H12F3N.ClH/c8-7(9,10)6-4-2-1-3-5-11-6;/h6,11H,1-5H2;1H. The molecular formula is C7H13ClF3N. The van der Waals surface area contributed by atoms with E-state index in [1.165, 1.54) is 0 Å². The van der Waals surface area contributed by atoms with E-state index in [2.05, 4.69) is 5.32 Å². The number of alkyl halides is 3. The second kappa shape index (κ2) is 4.92. The Morgan fingerprint density at radius 1 is 1.08 bits per heavy atom. The maximum absolute atomic E-state index is 12.1. The fourth-order valence-corrected chi connectivity index (χ4v) is 1.31. The highest BCUT2D eigenvalue weighted by Crippen LogP contribution is 2.25. The van der Waals surface area contributed by atoms with Gasteiger partial charge in [-0.1, -0.05) is 12.8 Å². The van der Waals surface area contributed by atoms with E-state index in [0.29, 0.717) is 13.0 Å². The lowest BCUT2D eigenvalue weighted by molar-refractivity contribution is -0.156. The van der Waals surface area contributed by atoms with Crippen LogP contribution in [0.25, 0.3) is 0 Å². The Morgan fingerprint density at radius 2 is 1.75 bits per heavy atom. The molecule has 1 aliphatic rings. The predicted molar refractivity (Wildman–Crippen MR) is 43.6 cm³/mol. The summed E-state index contributed by atoms with van der Waals surface area (Å²) in [7, 11) is 0. The highest BCUT2D eigenvalue weighted by molar-refractivity contribution is 5.85. The van der Waals surface area contributed by atoms with Gasteiger partial charge in [-0.05, 0) is 19.4 Å². The third-order valence-corrected chi connectivity index (χ3v) is 1.96. The smallest absolute Gasteiger partial charge is 0.306 e. The number of hydrogen-bond acceptors (Lipinski definition) is 1. The zero-order valence-corrected chi connectivity index (χ0v) is 7.47. The lowest BCUT2D eigenvalue weighted by atomic mass is 10.1. The maximum Gasteiger partial charge on any atom is 0.403 e. The SMILES string of the molecule is Cl.FC(F)(F)C1CCCCCN1. The van der Waals surface area contributed by atoms with E-state index in [1.54, 1.807) is 0 Å². The van der Waals surface area contributed by atoms with Gasteiger partial charge in [0.2, 0.25) is 0 Å². The molecule has 0 amide bonds. The van der Waals surface area contributed by atoms with Crippen LogP contribution in [0.1, 0.15) is 25.7 Å². The third kappa shape index (κ3) is 3.63. The average Bonchev–Trinajstić information content (AvgIpc) is 2.10. The van der Waals surface area contributed by atoms with Crippen LogP contribution in [0.4, 0.5) is 13.2 Å². The van der Waals surface area contributed by atoms with Crippen LogP contribution >= 0.6 is 12.4 Å². The van der Waals surface area contributed by atoms with Crippen LogP contribution in [0, 0.1) is 0 Å². The molecule has 12 heavy (non-hydrogen) atoms. The Bertz CT molecular complexity index is 118. The van der Waals surface area contributed by atoms with Gasteiger partial charge >= 0.3 is 6.18 Å². The number of halogens is 4. The quantitative estimate of drug-likeness (QED) is 0.638. The molecular weight excluding hydrogens is 191 g/mol. The van der Waals surface area contributed by atoms with Gasteiger partial charge in [0, 0.05) is 0 Å². The van der Waals surface area contributed by atoms with Crippen molar-refractivity contribution >= 4 is 12.4 Å². The Balaban J connectivity index is 0.00000121. The van der Waals surface area contributed by atoms with Crippen molar-refractivity contribution in [1.82, 2.24) is 5.32 Å². The summed E-state index contributed by atoms with van der Waals surface area (Å²) < 4.78 is 36.2. The molecule has 0 radical (unpaired) electrons. The molecule has 1 unspecified atom stereocenters. The highest BCUT2D eigenvalue weighted by Gasteiger charge is 2.38. The molecule has 1 atom stereocenters. The summed E-state index contributed by atoms with van der Waals surface area (Å²) in [5, 5.41) is 2.50.